The number of hydrogen-bond acceptors (Lipinski definition) is 4. The number of halogens is 2. The minimum absolute atomic E-state index is 0.0334. The summed E-state index contributed by atoms with van der Waals surface area (Å²) in [5, 5.41) is 0. The van der Waals surface area contributed by atoms with Crippen molar-refractivity contribution in [2.75, 3.05) is 0 Å². The van der Waals surface area contributed by atoms with Gasteiger partial charge in [0.15, 0.2) is 0 Å². The van der Waals surface area contributed by atoms with Gasteiger partial charge in [0.2, 0.25) is 0 Å². The van der Waals surface area contributed by atoms with Crippen LogP contribution in [-0.2, 0) is 10.0 Å². The highest BCUT2D eigenvalue weighted by atomic mass is 79.9. The monoisotopic (exact) mass is 449 g/mol. The Hall–Kier alpha value is -2.71. The van der Waals surface area contributed by atoms with E-state index < -0.39 is 21.7 Å². The van der Waals surface area contributed by atoms with Gasteiger partial charge in [0.25, 0.3) is 15.9 Å². The molecule has 0 aromatic heterocycles. The maximum Gasteiger partial charge on any atom is 0.268 e. The van der Waals surface area contributed by atoms with Gasteiger partial charge in [-0.05, 0) is 54.6 Å². The van der Waals surface area contributed by atoms with E-state index in [1.165, 1.54) is 30.3 Å². The molecule has 27 heavy (non-hydrogen) atoms. The molecule has 5 nitrogen and oxygen atoms in total. The van der Waals surface area contributed by atoms with Crippen LogP contribution in [0, 0.1) is 5.82 Å². The van der Waals surface area contributed by atoms with E-state index in [0.717, 1.165) is 12.1 Å². The lowest BCUT2D eigenvalue weighted by atomic mass is 10.2. The fourth-order valence-electron chi connectivity index (χ4n) is 2.23. The number of rotatable bonds is 5. The van der Waals surface area contributed by atoms with E-state index in [-0.39, 0.29) is 16.2 Å². The Labute approximate surface area is 164 Å². The largest absolute Gasteiger partial charge is 0.457 e. The lowest BCUT2D eigenvalue weighted by molar-refractivity contribution is 0.0978. The fourth-order valence-corrected chi connectivity index (χ4v) is 3.46. The van der Waals surface area contributed by atoms with Crippen molar-refractivity contribution in [3.05, 3.63) is 88.6 Å². The summed E-state index contributed by atoms with van der Waals surface area (Å²) in [6.07, 6.45) is 0. The molecule has 0 atom stereocenters. The van der Waals surface area contributed by atoms with Gasteiger partial charge in [0, 0.05) is 4.47 Å². The normalized spacial score (nSPS) is 11.0. The number of nitrogens with one attached hydrogen (secondary N) is 1. The van der Waals surface area contributed by atoms with Crippen LogP contribution in [0.5, 0.6) is 11.5 Å². The molecule has 0 radical (unpaired) electrons. The molecular formula is C19H13BrFNO4S. The molecule has 138 valence electrons. The van der Waals surface area contributed by atoms with Crippen molar-refractivity contribution in [2.45, 2.75) is 4.90 Å². The van der Waals surface area contributed by atoms with E-state index in [0.29, 0.717) is 10.2 Å². The molecule has 3 aromatic carbocycles. The molecule has 0 aliphatic rings. The molecule has 8 heteroatoms. The lowest BCUT2D eigenvalue weighted by Gasteiger charge is -2.12. The van der Waals surface area contributed by atoms with Gasteiger partial charge >= 0.3 is 0 Å². The standard InChI is InChI=1S/C19H13BrFNO4S/c20-13-6-9-16(10-7-13)27(24,25)22-19(23)17-12-14(21)8-11-18(17)26-15-4-2-1-3-5-15/h1-12H,(H,22,23). The number of hydrogen-bond donors (Lipinski definition) is 1. The molecule has 3 rings (SSSR count). The number of amides is 1. The van der Waals surface area contributed by atoms with E-state index in [1.54, 1.807) is 30.3 Å². The molecule has 0 aliphatic carbocycles. The number of carbonyl (C=O) groups excluding carboxylic acids is 1. The quantitative estimate of drug-likeness (QED) is 0.622. The summed E-state index contributed by atoms with van der Waals surface area (Å²) in [4.78, 5) is 12.4. The molecular weight excluding hydrogens is 437 g/mol. The van der Waals surface area contributed by atoms with Crippen molar-refractivity contribution in [2.24, 2.45) is 0 Å². The zero-order valence-corrected chi connectivity index (χ0v) is 16.1. The lowest BCUT2D eigenvalue weighted by Crippen LogP contribution is -2.30. The number of benzene rings is 3. The summed E-state index contributed by atoms with van der Waals surface area (Å²) < 4.78 is 46.7. The Bertz CT molecular complexity index is 1070. The Morgan fingerprint density at radius 3 is 2.30 bits per heavy atom. The van der Waals surface area contributed by atoms with Crippen molar-refractivity contribution in [3.8, 4) is 11.5 Å². The van der Waals surface area contributed by atoms with Gasteiger partial charge in [-0.1, -0.05) is 34.1 Å². The summed E-state index contributed by atoms with van der Waals surface area (Å²) >= 11 is 3.21. The minimum atomic E-state index is -4.13. The fraction of sp³-hybridized carbons (Fsp3) is 0. The van der Waals surface area contributed by atoms with Crippen LogP contribution >= 0.6 is 15.9 Å². The second-order valence-corrected chi connectivity index (χ2v) is 8.04. The zero-order chi connectivity index (χ0) is 19.4. The van der Waals surface area contributed by atoms with E-state index in [2.05, 4.69) is 15.9 Å². The van der Waals surface area contributed by atoms with E-state index in [4.69, 9.17) is 4.74 Å². The molecule has 0 aliphatic heterocycles. The molecule has 1 N–H and O–H groups in total. The van der Waals surface area contributed by atoms with Crippen LogP contribution < -0.4 is 9.46 Å². The maximum atomic E-state index is 13.7. The molecule has 0 spiro atoms. The first-order valence-electron chi connectivity index (χ1n) is 7.70. The summed E-state index contributed by atoms with van der Waals surface area (Å²) in [6, 6.07) is 17.6. The van der Waals surface area contributed by atoms with Crippen LogP contribution in [0.2, 0.25) is 0 Å². The average molecular weight is 450 g/mol. The van der Waals surface area contributed by atoms with Crippen LogP contribution in [0.15, 0.2) is 82.2 Å². The summed E-state index contributed by atoms with van der Waals surface area (Å²) in [5.74, 6) is -1.23. The van der Waals surface area contributed by atoms with Crippen molar-refractivity contribution in [3.63, 3.8) is 0 Å². The molecule has 3 aromatic rings. The maximum absolute atomic E-state index is 13.7. The second kappa shape index (κ2) is 7.89. The molecule has 0 saturated carbocycles. The van der Waals surface area contributed by atoms with Gasteiger partial charge in [0.05, 0.1) is 10.5 Å². The van der Waals surface area contributed by atoms with Gasteiger partial charge < -0.3 is 4.74 Å². The Kier molecular flexibility index (Phi) is 5.57. The highest BCUT2D eigenvalue weighted by Crippen LogP contribution is 2.26. The molecule has 1 amide bonds. The van der Waals surface area contributed by atoms with Crippen molar-refractivity contribution in [1.82, 2.24) is 4.72 Å². The molecule has 0 unspecified atom stereocenters. The van der Waals surface area contributed by atoms with Gasteiger partial charge in [-0.15, -0.1) is 0 Å². The molecule has 0 saturated heterocycles. The molecule has 0 heterocycles. The van der Waals surface area contributed by atoms with Gasteiger partial charge in [0.1, 0.15) is 17.3 Å². The predicted molar refractivity (Wildman–Crippen MR) is 102 cm³/mol. The Balaban J connectivity index is 1.90. The second-order valence-electron chi connectivity index (χ2n) is 5.44. The first-order chi connectivity index (χ1) is 12.8. The third kappa shape index (κ3) is 4.72. The number of sulfonamides is 1. The third-order valence-electron chi connectivity index (χ3n) is 3.51. The highest BCUT2D eigenvalue weighted by molar-refractivity contribution is 9.10. The smallest absolute Gasteiger partial charge is 0.268 e. The average Bonchev–Trinajstić information content (AvgIpc) is 2.64. The van der Waals surface area contributed by atoms with Crippen molar-refractivity contribution in [1.29, 1.82) is 0 Å². The van der Waals surface area contributed by atoms with Crippen molar-refractivity contribution < 1.29 is 22.3 Å². The summed E-state index contributed by atoms with van der Waals surface area (Å²) in [6.45, 7) is 0. The Morgan fingerprint density at radius 1 is 0.963 bits per heavy atom. The topological polar surface area (TPSA) is 72.5 Å². The highest BCUT2D eigenvalue weighted by Gasteiger charge is 2.22. The number of carbonyl (C=O) groups is 1. The first-order valence-corrected chi connectivity index (χ1v) is 9.98. The van der Waals surface area contributed by atoms with E-state index in [1.807, 2.05) is 4.72 Å². The van der Waals surface area contributed by atoms with Gasteiger partial charge in [-0.3, -0.25) is 4.79 Å². The van der Waals surface area contributed by atoms with Crippen LogP contribution in [0.25, 0.3) is 0 Å². The van der Waals surface area contributed by atoms with E-state index >= 15 is 0 Å². The van der Waals surface area contributed by atoms with Crippen molar-refractivity contribution >= 4 is 31.9 Å². The van der Waals surface area contributed by atoms with E-state index in [9.17, 15) is 17.6 Å². The third-order valence-corrected chi connectivity index (χ3v) is 5.38. The number of ether oxygens (including phenoxy) is 1. The SMILES string of the molecule is O=C(NS(=O)(=O)c1ccc(Br)cc1)c1cc(F)ccc1Oc1ccccc1. The number of para-hydroxylation sites is 1. The van der Waals surface area contributed by atoms with Crippen LogP contribution in [0.4, 0.5) is 4.39 Å². The summed E-state index contributed by atoms with van der Waals surface area (Å²) in [5.41, 5.74) is -0.237. The van der Waals surface area contributed by atoms with Crippen LogP contribution in [-0.4, -0.2) is 14.3 Å². The first kappa shape index (κ1) is 19.1. The zero-order valence-electron chi connectivity index (χ0n) is 13.7. The van der Waals surface area contributed by atoms with Crippen LogP contribution in [0.1, 0.15) is 10.4 Å². The Morgan fingerprint density at radius 2 is 1.63 bits per heavy atom. The van der Waals surface area contributed by atoms with Gasteiger partial charge in [-0.25, -0.2) is 17.5 Å². The predicted octanol–water partition coefficient (Wildman–Crippen LogP) is 4.50. The van der Waals surface area contributed by atoms with Crippen LogP contribution in [0.3, 0.4) is 0 Å². The molecule has 0 bridgehead atoms. The minimum Gasteiger partial charge on any atom is -0.457 e. The molecule has 0 fully saturated rings. The summed E-state index contributed by atoms with van der Waals surface area (Å²) in [7, 11) is -4.13. The van der Waals surface area contributed by atoms with Gasteiger partial charge in [-0.2, -0.15) is 0 Å².